The molecule has 3 aromatic rings. The number of nitrogens with two attached hydrogens (primary N) is 1. The van der Waals surface area contributed by atoms with Crippen molar-refractivity contribution >= 4 is 28.3 Å². The number of carbonyl (C=O) groups excluding carboxylic acids is 2. The topological polar surface area (TPSA) is 146 Å². The van der Waals surface area contributed by atoms with Gasteiger partial charge in [0.25, 0.3) is 11.8 Å². The van der Waals surface area contributed by atoms with Gasteiger partial charge in [-0.1, -0.05) is 13.8 Å². The van der Waals surface area contributed by atoms with Gasteiger partial charge in [-0.3, -0.25) is 23.5 Å². The first kappa shape index (κ1) is 23.3. The molecule has 0 radical (unpaired) electrons. The molecule has 1 aliphatic rings. The number of hydrogen-bond acceptors (Lipinski definition) is 7. The Kier molecular flexibility index (Phi) is 7.52. The van der Waals surface area contributed by atoms with E-state index in [1.807, 2.05) is 20.8 Å². The summed E-state index contributed by atoms with van der Waals surface area (Å²) in [4.78, 5) is 32.8. The molecule has 0 aliphatic carbocycles. The third kappa shape index (κ3) is 5.28. The first-order valence-electron chi connectivity index (χ1n) is 10.3. The summed E-state index contributed by atoms with van der Waals surface area (Å²) < 4.78 is 18.6. The average Bonchev–Trinajstić information content (AvgIpc) is 3.44. The van der Waals surface area contributed by atoms with E-state index in [-0.39, 0.29) is 29.0 Å². The zero-order chi connectivity index (χ0) is 23.3. The van der Waals surface area contributed by atoms with E-state index in [1.54, 1.807) is 29.2 Å². The second-order valence-electron chi connectivity index (χ2n) is 6.99. The summed E-state index contributed by atoms with van der Waals surface area (Å²) in [7, 11) is -0.816. The summed E-state index contributed by atoms with van der Waals surface area (Å²) in [6.07, 6.45) is 5.80. The minimum absolute atomic E-state index is 0.0000321. The maximum atomic E-state index is 12.7. The molecule has 0 unspecified atom stereocenters. The van der Waals surface area contributed by atoms with Crippen molar-refractivity contribution in [1.29, 1.82) is 0 Å². The number of carbonyl (C=O) groups is 2. The third-order valence-electron chi connectivity index (χ3n) is 4.83. The van der Waals surface area contributed by atoms with Gasteiger partial charge in [0.15, 0.2) is 11.4 Å². The Morgan fingerprint density at radius 2 is 2.00 bits per heavy atom. The number of nitrogens with zero attached hydrogens (tertiary/aromatic N) is 4. The van der Waals surface area contributed by atoms with Crippen LogP contribution in [-0.4, -0.2) is 47.3 Å². The second kappa shape index (κ2) is 10.3. The van der Waals surface area contributed by atoms with Gasteiger partial charge in [-0.2, -0.15) is 5.10 Å². The van der Waals surface area contributed by atoms with Crippen LogP contribution in [0.3, 0.4) is 0 Å². The standard InChI is InChI=1S/C19H20N6O4S.C2H6/c1-11-8-12(2-5-21-11)19-23-15(10-29-19)18(27)22-14-9-25(24-16(14)17(20)26)13-3-6-30(28)7-4-13;1-2/h2,5,8-10,13H,3-4,6-7H2,1H3,(H2,20,26)(H,22,27);1-2H3. The second-order valence-corrected chi connectivity index (χ2v) is 8.69. The summed E-state index contributed by atoms with van der Waals surface area (Å²) in [5.41, 5.74) is 7.13. The monoisotopic (exact) mass is 458 g/mol. The van der Waals surface area contributed by atoms with E-state index < -0.39 is 22.6 Å². The van der Waals surface area contributed by atoms with Gasteiger partial charge in [0.05, 0.1) is 11.7 Å². The van der Waals surface area contributed by atoms with Crippen LogP contribution in [0.1, 0.15) is 59.4 Å². The Morgan fingerprint density at radius 1 is 1.28 bits per heavy atom. The van der Waals surface area contributed by atoms with Gasteiger partial charge in [0, 0.05) is 46.0 Å². The Bertz CT molecular complexity index is 1130. The fraction of sp³-hybridized carbons (Fsp3) is 0.381. The van der Waals surface area contributed by atoms with Crippen LogP contribution in [0, 0.1) is 6.92 Å². The fourth-order valence-electron chi connectivity index (χ4n) is 3.27. The summed E-state index contributed by atoms with van der Waals surface area (Å²) >= 11 is 0. The third-order valence-corrected chi connectivity index (χ3v) is 6.21. The molecule has 0 spiro atoms. The van der Waals surface area contributed by atoms with Crippen LogP contribution in [0.4, 0.5) is 5.69 Å². The maximum Gasteiger partial charge on any atom is 0.277 e. The molecule has 1 aliphatic heterocycles. The van der Waals surface area contributed by atoms with E-state index >= 15 is 0 Å². The number of hydrogen-bond donors (Lipinski definition) is 2. The van der Waals surface area contributed by atoms with Crippen LogP contribution >= 0.6 is 0 Å². The van der Waals surface area contributed by atoms with Gasteiger partial charge >= 0.3 is 0 Å². The molecule has 170 valence electrons. The Balaban J connectivity index is 0.00000141. The number of primary amides is 1. The molecular weight excluding hydrogens is 432 g/mol. The van der Waals surface area contributed by atoms with Crippen LogP contribution < -0.4 is 11.1 Å². The highest BCUT2D eigenvalue weighted by Gasteiger charge is 2.25. The number of nitrogens with one attached hydrogen (secondary N) is 1. The molecule has 4 heterocycles. The van der Waals surface area contributed by atoms with Gasteiger partial charge in [-0.05, 0) is 31.9 Å². The molecule has 10 nitrogen and oxygen atoms in total. The van der Waals surface area contributed by atoms with Crippen LogP contribution in [0.5, 0.6) is 0 Å². The summed E-state index contributed by atoms with van der Waals surface area (Å²) in [5.74, 6) is 0.133. The van der Waals surface area contributed by atoms with Crippen molar-refractivity contribution in [2.75, 3.05) is 16.8 Å². The number of oxazole rings is 1. The van der Waals surface area contributed by atoms with Gasteiger partial charge < -0.3 is 15.5 Å². The molecule has 32 heavy (non-hydrogen) atoms. The van der Waals surface area contributed by atoms with Gasteiger partial charge in [-0.25, -0.2) is 4.98 Å². The van der Waals surface area contributed by atoms with Gasteiger partial charge in [-0.15, -0.1) is 0 Å². The number of amides is 2. The minimum atomic E-state index is -0.816. The number of anilines is 1. The lowest BCUT2D eigenvalue weighted by atomic mass is 10.2. The normalized spacial score (nSPS) is 17.8. The number of aryl methyl sites for hydroxylation is 1. The zero-order valence-corrected chi connectivity index (χ0v) is 19.0. The highest BCUT2D eigenvalue weighted by Crippen LogP contribution is 2.25. The van der Waals surface area contributed by atoms with Crippen molar-refractivity contribution in [3.05, 3.63) is 47.9 Å². The predicted molar refractivity (Wildman–Crippen MR) is 121 cm³/mol. The molecule has 4 rings (SSSR count). The fourth-order valence-corrected chi connectivity index (χ4v) is 4.55. The molecule has 0 atom stereocenters. The summed E-state index contributed by atoms with van der Waals surface area (Å²) in [6.45, 7) is 5.84. The number of rotatable bonds is 5. The Labute approximate surface area is 188 Å². The SMILES string of the molecule is CC.Cc1cc(-c2nc(C(=O)Nc3cn(C4CCS(=O)CC4)nc3C(N)=O)co2)ccn1. The van der Waals surface area contributed by atoms with Crippen LogP contribution in [0.25, 0.3) is 11.5 Å². The Morgan fingerprint density at radius 3 is 2.66 bits per heavy atom. The van der Waals surface area contributed by atoms with Crippen LogP contribution in [0.2, 0.25) is 0 Å². The molecule has 0 saturated carbocycles. The first-order chi connectivity index (χ1) is 15.4. The molecule has 1 fully saturated rings. The highest BCUT2D eigenvalue weighted by molar-refractivity contribution is 7.85. The molecule has 0 aromatic carbocycles. The predicted octanol–water partition coefficient (Wildman–Crippen LogP) is 2.70. The lowest BCUT2D eigenvalue weighted by Gasteiger charge is -2.21. The lowest BCUT2D eigenvalue weighted by Crippen LogP contribution is -2.22. The Hall–Kier alpha value is -3.34. The molecule has 2 amide bonds. The highest BCUT2D eigenvalue weighted by atomic mass is 32.2. The zero-order valence-electron chi connectivity index (χ0n) is 18.2. The largest absolute Gasteiger partial charge is 0.444 e. The van der Waals surface area contributed by atoms with Gasteiger partial charge in [0.2, 0.25) is 5.89 Å². The molecule has 0 bridgehead atoms. The summed E-state index contributed by atoms with van der Waals surface area (Å²) in [5, 5.41) is 6.88. The molecule has 1 saturated heterocycles. The van der Waals surface area contributed by atoms with Crippen molar-refractivity contribution in [3.63, 3.8) is 0 Å². The van der Waals surface area contributed by atoms with Crippen molar-refractivity contribution in [2.45, 2.75) is 39.7 Å². The van der Waals surface area contributed by atoms with E-state index in [1.165, 1.54) is 6.26 Å². The quantitative estimate of drug-likeness (QED) is 0.597. The van der Waals surface area contributed by atoms with E-state index in [0.29, 0.717) is 29.9 Å². The summed E-state index contributed by atoms with van der Waals surface area (Å²) in [6, 6.07) is 3.52. The van der Waals surface area contributed by atoms with E-state index in [0.717, 1.165) is 5.69 Å². The average molecular weight is 459 g/mol. The number of aromatic nitrogens is 4. The molecule has 3 N–H and O–H groups in total. The van der Waals surface area contributed by atoms with Crippen molar-refractivity contribution < 1.29 is 18.2 Å². The first-order valence-corrected chi connectivity index (χ1v) is 11.8. The van der Waals surface area contributed by atoms with Crippen molar-refractivity contribution in [3.8, 4) is 11.5 Å². The molecule has 11 heteroatoms. The number of pyridine rings is 1. The minimum Gasteiger partial charge on any atom is -0.444 e. The molecular formula is C21H26N6O4S. The van der Waals surface area contributed by atoms with E-state index in [9.17, 15) is 13.8 Å². The van der Waals surface area contributed by atoms with E-state index in [4.69, 9.17) is 10.2 Å². The van der Waals surface area contributed by atoms with Gasteiger partial charge in [0.1, 0.15) is 6.26 Å². The molecule has 3 aromatic heterocycles. The van der Waals surface area contributed by atoms with Crippen molar-refractivity contribution in [2.24, 2.45) is 5.73 Å². The van der Waals surface area contributed by atoms with E-state index in [2.05, 4.69) is 20.4 Å². The van der Waals surface area contributed by atoms with Crippen LogP contribution in [0.15, 0.2) is 35.2 Å². The smallest absolute Gasteiger partial charge is 0.277 e. The van der Waals surface area contributed by atoms with Crippen molar-refractivity contribution in [1.82, 2.24) is 19.7 Å². The lowest BCUT2D eigenvalue weighted by molar-refractivity contribution is 0.0995. The maximum absolute atomic E-state index is 12.7. The van der Waals surface area contributed by atoms with Crippen LogP contribution in [-0.2, 0) is 10.8 Å².